The summed E-state index contributed by atoms with van der Waals surface area (Å²) in [5, 5.41) is 12.1. The summed E-state index contributed by atoms with van der Waals surface area (Å²) in [6, 6.07) is 4.01. The van der Waals surface area contributed by atoms with Gasteiger partial charge in [-0.25, -0.2) is 20.9 Å². The van der Waals surface area contributed by atoms with Crippen molar-refractivity contribution < 1.29 is 24.2 Å². The maximum Gasteiger partial charge on any atom is 0.431 e. The van der Waals surface area contributed by atoms with Crippen molar-refractivity contribution in [3.8, 4) is 0 Å². The van der Waals surface area contributed by atoms with Crippen molar-refractivity contribution in [2.75, 3.05) is 5.43 Å². The molecule has 0 saturated heterocycles. The molecule has 0 heterocycles. The molecule has 0 bridgehead atoms. The molecule has 1 aromatic rings. The second-order valence-electron chi connectivity index (χ2n) is 6.19. The van der Waals surface area contributed by atoms with Crippen LogP contribution in [0.15, 0.2) is 23.5 Å². The van der Waals surface area contributed by atoms with Gasteiger partial charge in [-0.15, -0.1) is 4.91 Å². The molecule has 0 radical (unpaired) electrons. The quantitative estimate of drug-likeness (QED) is 0.316. The topological polar surface area (TPSA) is 151 Å². The SMILES string of the molecule is CC(C(=O)N(N)C(=O)OC(C)(C)C)c1c(NN=O)cccc1C(=O)O. The van der Waals surface area contributed by atoms with Gasteiger partial charge in [0.25, 0.3) is 5.91 Å². The second-order valence-corrected chi connectivity index (χ2v) is 6.19. The van der Waals surface area contributed by atoms with Crippen LogP contribution in [0.2, 0.25) is 0 Å². The number of hydrogen-bond acceptors (Lipinski definition) is 7. The highest BCUT2D eigenvalue weighted by Crippen LogP contribution is 2.30. The van der Waals surface area contributed by atoms with Gasteiger partial charge in [-0.3, -0.25) is 4.79 Å². The standard InChI is InChI=1S/C15H20N4O6/c1-8(12(20)19(16)14(23)25-15(2,3)4)11-9(13(21)22)6-5-7-10(11)17-18-24/h5-8H,16H2,1-4H3,(H,17,24)(H,21,22). The molecule has 0 saturated carbocycles. The van der Waals surface area contributed by atoms with Crippen LogP contribution in [-0.4, -0.2) is 33.7 Å². The summed E-state index contributed by atoms with van der Waals surface area (Å²) in [5.41, 5.74) is 0.985. The summed E-state index contributed by atoms with van der Waals surface area (Å²) in [6.07, 6.45) is -1.08. The summed E-state index contributed by atoms with van der Waals surface area (Å²) in [5.74, 6) is 2.13. The monoisotopic (exact) mass is 352 g/mol. The first-order chi connectivity index (χ1) is 11.5. The number of benzene rings is 1. The largest absolute Gasteiger partial charge is 0.478 e. The number of nitrogens with one attached hydrogen (secondary N) is 1. The summed E-state index contributed by atoms with van der Waals surface area (Å²) in [7, 11) is 0. The highest BCUT2D eigenvalue weighted by atomic mass is 16.6. The number of nitrogens with zero attached hydrogens (tertiary/aromatic N) is 2. The van der Waals surface area contributed by atoms with E-state index < -0.39 is 29.5 Å². The van der Waals surface area contributed by atoms with Gasteiger partial charge in [-0.05, 0) is 39.8 Å². The average molecular weight is 352 g/mol. The van der Waals surface area contributed by atoms with Crippen LogP contribution in [0.25, 0.3) is 0 Å². The molecule has 10 nitrogen and oxygen atoms in total. The maximum absolute atomic E-state index is 12.5. The van der Waals surface area contributed by atoms with Crippen molar-refractivity contribution in [2.45, 2.75) is 39.2 Å². The van der Waals surface area contributed by atoms with Gasteiger partial charge in [-0.1, -0.05) is 6.07 Å². The lowest BCUT2D eigenvalue weighted by Gasteiger charge is -2.25. The van der Waals surface area contributed by atoms with Crippen molar-refractivity contribution in [3.63, 3.8) is 0 Å². The molecule has 1 unspecified atom stereocenters. The number of anilines is 1. The number of imide groups is 1. The normalized spacial score (nSPS) is 12.0. The van der Waals surface area contributed by atoms with Crippen LogP contribution >= 0.6 is 0 Å². The minimum Gasteiger partial charge on any atom is -0.478 e. The number of rotatable bonds is 5. The molecular weight excluding hydrogens is 332 g/mol. The molecule has 1 aromatic carbocycles. The van der Waals surface area contributed by atoms with Gasteiger partial charge in [0.1, 0.15) is 5.60 Å². The van der Waals surface area contributed by atoms with Gasteiger partial charge >= 0.3 is 12.1 Å². The van der Waals surface area contributed by atoms with Crippen molar-refractivity contribution in [1.82, 2.24) is 5.01 Å². The number of carbonyl (C=O) groups excluding carboxylic acids is 2. The Labute approximate surface area is 143 Å². The third-order valence-electron chi connectivity index (χ3n) is 3.13. The fraction of sp³-hybridized carbons (Fsp3) is 0.400. The van der Waals surface area contributed by atoms with Crippen molar-refractivity contribution in [3.05, 3.63) is 34.2 Å². The van der Waals surface area contributed by atoms with E-state index in [4.69, 9.17) is 10.6 Å². The number of nitrogens with two attached hydrogens (primary N) is 1. The molecule has 0 aliphatic rings. The number of amides is 2. The molecule has 0 aliphatic carbocycles. The first-order valence-electron chi connectivity index (χ1n) is 7.25. The van der Waals surface area contributed by atoms with Crippen LogP contribution in [0.3, 0.4) is 0 Å². The van der Waals surface area contributed by atoms with Crippen LogP contribution in [0, 0.1) is 4.91 Å². The van der Waals surface area contributed by atoms with E-state index in [1.165, 1.54) is 25.1 Å². The number of carboxylic acid groups (broad SMARTS) is 1. The van der Waals surface area contributed by atoms with Gasteiger partial charge in [0.2, 0.25) is 0 Å². The Morgan fingerprint density at radius 2 is 1.92 bits per heavy atom. The Bertz CT molecular complexity index is 698. The van der Waals surface area contributed by atoms with Crippen molar-refractivity contribution in [1.29, 1.82) is 0 Å². The lowest BCUT2D eigenvalue weighted by Crippen LogP contribution is -2.47. The Balaban J connectivity index is 3.23. The molecule has 25 heavy (non-hydrogen) atoms. The van der Waals surface area contributed by atoms with Gasteiger partial charge in [0.05, 0.1) is 22.5 Å². The predicted molar refractivity (Wildman–Crippen MR) is 88.5 cm³/mol. The maximum atomic E-state index is 12.5. The van der Waals surface area contributed by atoms with Gasteiger partial charge in [0, 0.05) is 5.56 Å². The predicted octanol–water partition coefficient (Wildman–Crippen LogP) is 2.22. The molecule has 0 spiro atoms. The molecular formula is C15H20N4O6. The number of hydrogen-bond donors (Lipinski definition) is 3. The van der Waals surface area contributed by atoms with Crippen LogP contribution < -0.4 is 11.3 Å². The van der Waals surface area contributed by atoms with E-state index >= 15 is 0 Å². The van der Waals surface area contributed by atoms with Crippen LogP contribution in [0.4, 0.5) is 10.5 Å². The minimum atomic E-state index is -1.31. The van der Waals surface area contributed by atoms with Crippen LogP contribution in [0.1, 0.15) is 49.5 Å². The van der Waals surface area contributed by atoms with E-state index in [1.807, 2.05) is 0 Å². The Kier molecular flexibility index (Phi) is 6.18. The number of ether oxygens (including phenoxy) is 1. The van der Waals surface area contributed by atoms with E-state index in [-0.39, 0.29) is 21.8 Å². The molecule has 4 N–H and O–H groups in total. The number of carbonyl (C=O) groups is 3. The molecule has 10 heteroatoms. The lowest BCUT2D eigenvalue weighted by atomic mass is 9.93. The van der Waals surface area contributed by atoms with E-state index in [0.29, 0.717) is 0 Å². The highest BCUT2D eigenvalue weighted by molar-refractivity contribution is 5.99. The van der Waals surface area contributed by atoms with Gasteiger partial charge < -0.3 is 9.84 Å². The number of carboxylic acids is 1. The lowest BCUT2D eigenvalue weighted by molar-refractivity contribution is -0.131. The highest BCUT2D eigenvalue weighted by Gasteiger charge is 2.32. The van der Waals surface area contributed by atoms with Crippen molar-refractivity contribution >= 4 is 23.7 Å². The van der Waals surface area contributed by atoms with E-state index in [0.717, 1.165) is 0 Å². The van der Waals surface area contributed by atoms with Crippen LogP contribution in [0.5, 0.6) is 0 Å². The summed E-state index contributed by atoms with van der Waals surface area (Å²) >= 11 is 0. The molecule has 1 atom stereocenters. The number of nitroso groups, excluding NO2 is 1. The summed E-state index contributed by atoms with van der Waals surface area (Å²) < 4.78 is 5.00. The second kappa shape index (κ2) is 7.71. The van der Waals surface area contributed by atoms with Crippen LogP contribution in [-0.2, 0) is 9.53 Å². The molecule has 136 valence electrons. The zero-order valence-electron chi connectivity index (χ0n) is 14.3. The van der Waals surface area contributed by atoms with E-state index in [9.17, 15) is 24.4 Å². The first kappa shape index (κ1) is 20.0. The summed E-state index contributed by atoms with van der Waals surface area (Å²) in [4.78, 5) is 46.3. The van der Waals surface area contributed by atoms with Gasteiger partial charge in [-0.2, -0.15) is 5.01 Å². The molecule has 2 amide bonds. The molecule has 0 fully saturated rings. The number of hydrazine groups is 1. The summed E-state index contributed by atoms with van der Waals surface area (Å²) in [6.45, 7) is 6.16. The Morgan fingerprint density at radius 1 is 1.32 bits per heavy atom. The minimum absolute atomic E-state index is 0.0216. The van der Waals surface area contributed by atoms with Gasteiger partial charge in [0.15, 0.2) is 0 Å². The van der Waals surface area contributed by atoms with Crippen molar-refractivity contribution in [2.24, 2.45) is 11.1 Å². The fourth-order valence-corrected chi connectivity index (χ4v) is 2.10. The fourth-order valence-electron chi connectivity index (χ4n) is 2.10. The molecule has 0 aromatic heterocycles. The first-order valence-corrected chi connectivity index (χ1v) is 7.25. The third-order valence-corrected chi connectivity index (χ3v) is 3.13. The zero-order valence-corrected chi connectivity index (χ0v) is 14.3. The Morgan fingerprint density at radius 3 is 2.40 bits per heavy atom. The zero-order chi connectivity index (χ0) is 19.4. The van der Waals surface area contributed by atoms with E-state index in [2.05, 4.69) is 10.7 Å². The third kappa shape index (κ3) is 4.98. The Hall–Kier alpha value is -3.01. The average Bonchev–Trinajstić information content (AvgIpc) is 2.51. The molecule has 0 aliphatic heterocycles. The molecule has 1 rings (SSSR count). The smallest absolute Gasteiger partial charge is 0.431 e. The van der Waals surface area contributed by atoms with E-state index in [1.54, 1.807) is 20.8 Å². The number of aromatic carboxylic acids is 1.